The van der Waals surface area contributed by atoms with Crippen LogP contribution in [-0.4, -0.2) is 16.9 Å². The van der Waals surface area contributed by atoms with Crippen LogP contribution in [0.3, 0.4) is 0 Å². The number of primary amides is 1. The van der Waals surface area contributed by atoms with Crippen LogP contribution < -0.4 is 11.5 Å². The second-order valence-electron chi connectivity index (χ2n) is 4.22. The van der Waals surface area contributed by atoms with Crippen LogP contribution in [-0.2, 0) is 11.3 Å². The summed E-state index contributed by atoms with van der Waals surface area (Å²) in [5.74, 6) is -1.17. The predicted octanol–water partition coefficient (Wildman–Crippen LogP) is 1.77. The number of aromatic nitrogens is 1. The lowest BCUT2D eigenvalue weighted by atomic mass is 10.1. The van der Waals surface area contributed by atoms with E-state index in [4.69, 9.17) is 27.8 Å². The maximum atomic E-state index is 11.8. The first kappa shape index (κ1) is 14.8. The van der Waals surface area contributed by atoms with Gasteiger partial charge < -0.3 is 16.2 Å². The number of pyridine rings is 1. The van der Waals surface area contributed by atoms with E-state index in [2.05, 4.69) is 4.98 Å². The molecule has 0 aliphatic heterocycles. The van der Waals surface area contributed by atoms with E-state index in [0.29, 0.717) is 16.3 Å². The number of carbonyl (C=O) groups excluding carboxylic acids is 2. The molecule has 7 heteroatoms. The molecule has 0 spiro atoms. The Morgan fingerprint density at radius 3 is 2.57 bits per heavy atom. The minimum absolute atomic E-state index is 0.0389. The monoisotopic (exact) mass is 305 g/mol. The lowest BCUT2D eigenvalue weighted by molar-refractivity contribution is 0.0465. The molecule has 1 amide bonds. The van der Waals surface area contributed by atoms with Gasteiger partial charge in [0.25, 0.3) is 0 Å². The van der Waals surface area contributed by atoms with E-state index in [-0.39, 0.29) is 17.9 Å². The van der Waals surface area contributed by atoms with Crippen LogP contribution >= 0.6 is 11.6 Å². The first-order valence-electron chi connectivity index (χ1n) is 5.94. The largest absolute Gasteiger partial charge is 0.456 e. The quantitative estimate of drug-likeness (QED) is 0.837. The number of rotatable bonds is 4. The molecule has 0 saturated carbocycles. The van der Waals surface area contributed by atoms with Crippen molar-refractivity contribution in [2.75, 3.05) is 5.73 Å². The smallest absolute Gasteiger partial charge is 0.357 e. The van der Waals surface area contributed by atoms with Crippen molar-refractivity contribution in [2.45, 2.75) is 6.61 Å². The van der Waals surface area contributed by atoms with Crippen LogP contribution in [0.5, 0.6) is 0 Å². The number of amides is 1. The Morgan fingerprint density at radius 1 is 1.24 bits per heavy atom. The summed E-state index contributed by atoms with van der Waals surface area (Å²) in [6.45, 7) is -0.0389. The molecule has 21 heavy (non-hydrogen) atoms. The second kappa shape index (κ2) is 6.23. The van der Waals surface area contributed by atoms with Crippen LogP contribution in [0.15, 0.2) is 36.5 Å². The van der Waals surface area contributed by atoms with Gasteiger partial charge >= 0.3 is 5.97 Å². The molecule has 0 radical (unpaired) electrons. The van der Waals surface area contributed by atoms with E-state index in [9.17, 15) is 9.59 Å². The minimum atomic E-state index is -0.593. The molecule has 1 aromatic carbocycles. The van der Waals surface area contributed by atoms with Crippen molar-refractivity contribution in [2.24, 2.45) is 5.73 Å². The van der Waals surface area contributed by atoms with Gasteiger partial charge in [0.2, 0.25) is 5.91 Å². The molecule has 0 aliphatic rings. The molecular weight excluding hydrogens is 294 g/mol. The first-order chi connectivity index (χ1) is 9.97. The molecule has 0 atom stereocenters. The zero-order valence-corrected chi connectivity index (χ0v) is 11.6. The first-order valence-corrected chi connectivity index (χ1v) is 6.32. The highest BCUT2D eigenvalue weighted by molar-refractivity contribution is 6.31. The fourth-order valence-electron chi connectivity index (χ4n) is 1.56. The lowest BCUT2D eigenvalue weighted by Gasteiger charge is -2.07. The Kier molecular flexibility index (Phi) is 4.39. The number of anilines is 1. The van der Waals surface area contributed by atoms with Gasteiger partial charge in [0.05, 0.1) is 11.9 Å². The van der Waals surface area contributed by atoms with Crippen molar-refractivity contribution >= 4 is 29.2 Å². The summed E-state index contributed by atoms with van der Waals surface area (Å²) >= 11 is 5.99. The number of esters is 1. The molecule has 0 unspecified atom stereocenters. The molecule has 2 rings (SSSR count). The summed E-state index contributed by atoms with van der Waals surface area (Å²) in [7, 11) is 0. The molecule has 6 nitrogen and oxygen atoms in total. The molecule has 0 bridgehead atoms. The number of ether oxygens (including phenoxy) is 1. The zero-order valence-electron chi connectivity index (χ0n) is 10.9. The van der Waals surface area contributed by atoms with Crippen LogP contribution in [0.2, 0.25) is 5.02 Å². The fourth-order valence-corrected chi connectivity index (χ4v) is 1.80. The molecular formula is C14H12ClN3O3. The van der Waals surface area contributed by atoms with E-state index >= 15 is 0 Å². The van der Waals surface area contributed by atoms with Crippen molar-refractivity contribution in [3.8, 4) is 0 Å². The van der Waals surface area contributed by atoms with Gasteiger partial charge in [-0.3, -0.25) is 4.79 Å². The Balaban J connectivity index is 2.04. The van der Waals surface area contributed by atoms with Crippen molar-refractivity contribution in [1.29, 1.82) is 0 Å². The van der Waals surface area contributed by atoms with Gasteiger partial charge in [-0.05, 0) is 24.3 Å². The van der Waals surface area contributed by atoms with E-state index in [1.54, 1.807) is 12.1 Å². The van der Waals surface area contributed by atoms with Crippen LogP contribution in [0.1, 0.15) is 26.4 Å². The van der Waals surface area contributed by atoms with Gasteiger partial charge in [-0.2, -0.15) is 0 Å². The van der Waals surface area contributed by atoms with Crippen molar-refractivity contribution in [3.05, 3.63) is 58.4 Å². The number of hydrogen-bond donors (Lipinski definition) is 2. The third-order valence-corrected chi connectivity index (χ3v) is 3.04. The SMILES string of the molecule is NC(=O)c1ccc(COC(=O)c2ccc(N)cn2)c(Cl)c1. The van der Waals surface area contributed by atoms with E-state index in [1.807, 2.05) is 0 Å². The molecule has 108 valence electrons. The highest BCUT2D eigenvalue weighted by atomic mass is 35.5. The third-order valence-electron chi connectivity index (χ3n) is 2.69. The molecule has 0 saturated heterocycles. The number of nitrogens with two attached hydrogens (primary N) is 2. The average Bonchev–Trinajstić information content (AvgIpc) is 2.46. The molecule has 2 aromatic rings. The summed E-state index contributed by atoms with van der Waals surface area (Å²) in [6.07, 6.45) is 1.37. The topological polar surface area (TPSA) is 108 Å². The Bertz CT molecular complexity index is 686. The maximum absolute atomic E-state index is 11.8. The van der Waals surface area contributed by atoms with Gasteiger partial charge in [0, 0.05) is 16.1 Å². The molecule has 1 aromatic heterocycles. The van der Waals surface area contributed by atoms with Crippen molar-refractivity contribution in [1.82, 2.24) is 4.98 Å². The zero-order chi connectivity index (χ0) is 15.4. The number of halogens is 1. The van der Waals surface area contributed by atoms with Gasteiger partial charge in [0.1, 0.15) is 12.3 Å². The Hall–Kier alpha value is -2.60. The van der Waals surface area contributed by atoms with Gasteiger partial charge in [0.15, 0.2) is 0 Å². The van der Waals surface area contributed by atoms with Gasteiger partial charge in [-0.1, -0.05) is 17.7 Å². The minimum Gasteiger partial charge on any atom is -0.456 e. The third kappa shape index (κ3) is 3.70. The summed E-state index contributed by atoms with van der Waals surface area (Å²) < 4.78 is 5.09. The van der Waals surface area contributed by atoms with Crippen LogP contribution in [0, 0.1) is 0 Å². The molecule has 0 aliphatic carbocycles. The van der Waals surface area contributed by atoms with Gasteiger partial charge in [-0.25, -0.2) is 9.78 Å². The maximum Gasteiger partial charge on any atom is 0.357 e. The lowest BCUT2D eigenvalue weighted by Crippen LogP contribution is -2.11. The standard InChI is InChI=1S/C14H12ClN3O3/c15-11-5-8(13(17)19)1-2-9(11)7-21-14(20)12-4-3-10(16)6-18-12/h1-6H,7,16H2,(H2,17,19). The summed E-state index contributed by atoms with van der Waals surface area (Å²) in [5, 5.41) is 0.296. The Morgan fingerprint density at radius 2 is 2.00 bits per heavy atom. The second-order valence-corrected chi connectivity index (χ2v) is 4.63. The summed E-state index contributed by atoms with van der Waals surface area (Å²) in [4.78, 5) is 26.6. The molecule has 0 fully saturated rings. The van der Waals surface area contributed by atoms with Gasteiger partial charge in [-0.15, -0.1) is 0 Å². The number of nitrogens with zero attached hydrogens (tertiary/aromatic N) is 1. The van der Waals surface area contributed by atoms with Crippen molar-refractivity contribution < 1.29 is 14.3 Å². The number of nitrogen functional groups attached to an aromatic ring is 1. The van der Waals surface area contributed by atoms with E-state index in [0.717, 1.165) is 0 Å². The van der Waals surface area contributed by atoms with E-state index < -0.39 is 11.9 Å². The fraction of sp³-hybridized carbons (Fsp3) is 0.0714. The van der Waals surface area contributed by atoms with Crippen LogP contribution in [0.4, 0.5) is 5.69 Å². The normalized spacial score (nSPS) is 10.1. The van der Waals surface area contributed by atoms with Crippen molar-refractivity contribution in [3.63, 3.8) is 0 Å². The highest BCUT2D eigenvalue weighted by Gasteiger charge is 2.11. The molecule has 4 N–H and O–H groups in total. The summed E-state index contributed by atoms with van der Waals surface area (Å²) in [6, 6.07) is 7.53. The average molecular weight is 306 g/mol. The number of carbonyl (C=O) groups is 2. The van der Waals surface area contributed by atoms with Crippen LogP contribution in [0.25, 0.3) is 0 Å². The number of benzene rings is 1. The summed E-state index contributed by atoms with van der Waals surface area (Å²) in [5.41, 5.74) is 12.1. The molecule has 1 heterocycles. The predicted molar refractivity (Wildman–Crippen MR) is 77.7 cm³/mol. The van der Waals surface area contributed by atoms with E-state index in [1.165, 1.54) is 24.4 Å². The highest BCUT2D eigenvalue weighted by Crippen LogP contribution is 2.19. The Labute approximate surface area is 125 Å². The number of hydrogen-bond acceptors (Lipinski definition) is 5.